The molecule has 1 fully saturated rings. The van der Waals surface area contributed by atoms with E-state index in [1.807, 2.05) is 0 Å². The predicted molar refractivity (Wildman–Crippen MR) is 51.1 cm³/mol. The van der Waals surface area contributed by atoms with Gasteiger partial charge < -0.3 is 16.6 Å². The van der Waals surface area contributed by atoms with Crippen molar-refractivity contribution in [2.45, 2.75) is 25.7 Å². The predicted octanol–water partition coefficient (Wildman–Crippen LogP) is -1.28. The molecular weight excluding hydrogens is 157 g/mol. The normalized spacial score (nSPS) is 18.2. The van der Waals surface area contributed by atoms with E-state index in [9.17, 15) is 0 Å². The van der Waals surface area contributed by atoms with Gasteiger partial charge in [0.1, 0.15) is 0 Å². The molecular formula is C10H20LiNO. The Kier molecular flexibility index (Phi) is 9.45. The van der Waals surface area contributed by atoms with E-state index < -0.39 is 0 Å². The van der Waals surface area contributed by atoms with Crippen molar-refractivity contribution in [1.29, 1.82) is 0 Å². The average Bonchev–Trinajstić information content (AvgIpc) is 2.14. The minimum atomic E-state index is 0. The van der Waals surface area contributed by atoms with Crippen LogP contribution in [0.1, 0.15) is 25.7 Å². The third-order valence-corrected chi connectivity index (χ3v) is 2.29. The molecule has 0 bridgehead atoms. The van der Waals surface area contributed by atoms with Crippen LogP contribution in [0.2, 0.25) is 0 Å². The summed E-state index contributed by atoms with van der Waals surface area (Å²) in [5.74, 6) is 0. The summed E-state index contributed by atoms with van der Waals surface area (Å²) in [6, 6.07) is 0. The van der Waals surface area contributed by atoms with Gasteiger partial charge in [0.15, 0.2) is 0 Å². The van der Waals surface area contributed by atoms with Crippen LogP contribution in [0.15, 0.2) is 0 Å². The van der Waals surface area contributed by atoms with E-state index >= 15 is 0 Å². The summed E-state index contributed by atoms with van der Waals surface area (Å²) in [5, 5.41) is 0. The summed E-state index contributed by atoms with van der Waals surface area (Å²) in [6.45, 7) is 9.08. The van der Waals surface area contributed by atoms with Crippen LogP contribution in [0.5, 0.6) is 0 Å². The molecule has 1 saturated heterocycles. The van der Waals surface area contributed by atoms with Crippen molar-refractivity contribution >= 4 is 0 Å². The zero-order valence-corrected chi connectivity index (χ0v) is 8.93. The number of hydrogen-bond donors (Lipinski definition) is 0. The Morgan fingerprint density at radius 3 is 2.38 bits per heavy atom. The zero-order chi connectivity index (χ0) is 8.65. The van der Waals surface area contributed by atoms with Crippen LogP contribution < -0.4 is 18.9 Å². The largest absolute Gasteiger partial charge is 1.00 e. The monoisotopic (exact) mass is 177 g/mol. The summed E-state index contributed by atoms with van der Waals surface area (Å²) in [5.41, 5.74) is 0. The molecule has 2 nitrogen and oxygen atoms in total. The van der Waals surface area contributed by atoms with E-state index in [-0.39, 0.29) is 18.9 Å². The van der Waals surface area contributed by atoms with E-state index in [0.29, 0.717) is 0 Å². The van der Waals surface area contributed by atoms with Crippen LogP contribution in [0, 0.1) is 6.92 Å². The Balaban J connectivity index is 0.00000144. The Labute approximate surface area is 94.2 Å². The first-order valence-electron chi connectivity index (χ1n) is 5.03. The SMILES string of the molecule is [CH2-]CCOCCN1CCCCC1.[Li+]. The van der Waals surface area contributed by atoms with Gasteiger partial charge in [0.25, 0.3) is 0 Å². The van der Waals surface area contributed by atoms with Gasteiger partial charge in [-0.1, -0.05) is 6.42 Å². The van der Waals surface area contributed by atoms with Gasteiger partial charge in [-0.2, -0.15) is 6.42 Å². The molecule has 3 heteroatoms. The molecule has 0 aromatic heterocycles. The second-order valence-corrected chi connectivity index (χ2v) is 3.37. The number of ether oxygens (including phenoxy) is 1. The Morgan fingerprint density at radius 1 is 1.08 bits per heavy atom. The first-order chi connectivity index (χ1) is 5.93. The van der Waals surface area contributed by atoms with Crippen molar-refractivity contribution < 1.29 is 23.6 Å². The van der Waals surface area contributed by atoms with Gasteiger partial charge in [0.05, 0.1) is 6.61 Å². The topological polar surface area (TPSA) is 12.5 Å². The van der Waals surface area contributed by atoms with Crippen molar-refractivity contribution in [1.82, 2.24) is 4.90 Å². The first kappa shape index (κ1) is 13.5. The van der Waals surface area contributed by atoms with Crippen molar-refractivity contribution in [2.24, 2.45) is 0 Å². The van der Waals surface area contributed by atoms with Gasteiger partial charge in [-0.25, -0.2) is 0 Å². The second kappa shape index (κ2) is 9.09. The fourth-order valence-electron chi connectivity index (χ4n) is 1.58. The van der Waals surface area contributed by atoms with Gasteiger partial charge in [0, 0.05) is 13.2 Å². The molecule has 0 amide bonds. The molecule has 1 aliphatic rings. The fourth-order valence-corrected chi connectivity index (χ4v) is 1.58. The Hall–Kier alpha value is 0.517. The summed E-state index contributed by atoms with van der Waals surface area (Å²) < 4.78 is 5.38. The quantitative estimate of drug-likeness (QED) is 0.294. The molecule has 0 aromatic rings. The standard InChI is InChI=1S/C10H20NO.Li/c1-2-9-12-10-8-11-6-4-3-5-7-11;/h1-10H2;/q-1;+1. The summed E-state index contributed by atoms with van der Waals surface area (Å²) >= 11 is 0. The minimum absolute atomic E-state index is 0. The number of likely N-dealkylation sites (tertiary alicyclic amines) is 1. The first-order valence-corrected chi connectivity index (χ1v) is 5.03. The molecule has 0 spiro atoms. The van der Waals surface area contributed by atoms with Crippen LogP contribution in [0.25, 0.3) is 0 Å². The smallest absolute Gasteiger partial charge is 0.383 e. The van der Waals surface area contributed by atoms with Crippen molar-refractivity contribution in [3.63, 3.8) is 0 Å². The van der Waals surface area contributed by atoms with Gasteiger partial charge in [-0.05, 0) is 25.9 Å². The zero-order valence-electron chi connectivity index (χ0n) is 8.93. The molecule has 1 heterocycles. The van der Waals surface area contributed by atoms with Gasteiger partial charge in [-0.15, -0.1) is 0 Å². The molecule has 72 valence electrons. The van der Waals surface area contributed by atoms with Crippen molar-refractivity contribution in [2.75, 3.05) is 32.8 Å². The van der Waals surface area contributed by atoms with Crippen LogP contribution in [0.4, 0.5) is 0 Å². The van der Waals surface area contributed by atoms with Gasteiger partial charge in [-0.3, -0.25) is 0 Å². The third-order valence-electron chi connectivity index (χ3n) is 2.29. The molecule has 13 heavy (non-hydrogen) atoms. The van der Waals surface area contributed by atoms with Gasteiger partial charge >= 0.3 is 18.9 Å². The molecule has 0 N–H and O–H groups in total. The summed E-state index contributed by atoms with van der Waals surface area (Å²) in [4.78, 5) is 2.49. The molecule has 0 saturated carbocycles. The Bertz CT molecular complexity index is 105. The molecule has 1 aliphatic heterocycles. The number of piperidine rings is 1. The number of nitrogens with zero attached hydrogens (tertiary/aromatic N) is 1. The van der Waals surface area contributed by atoms with E-state index in [1.165, 1.54) is 32.4 Å². The van der Waals surface area contributed by atoms with Gasteiger partial charge in [0.2, 0.25) is 0 Å². The summed E-state index contributed by atoms with van der Waals surface area (Å²) in [7, 11) is 0. The molecule has 0 radical (unpaired) electrons. The second-order valence-electron chi connectivity index (χ2n) is 3.37. The molecule has 0 aliphatic carbocycles. The van der Waals surface area contributed by atoms with E-state index in [2.05, 4.69) is 11.8 Å². The van der Waals surface area contributed by atoms with Crippen LogP contribution in [-0.4, -0.2) is 37.7 Å². The van der Waals surface area contributed by atoms with E-state index in [4.69, 9.17) is 4.74 Å². The summed E-state index contributed by atoms with van der Waals surface area (Å²) in [6.07, 6.45) is 5.04. The molecule has 0 atom stereocenters. The van der Waals surface area contributed by atoms with Crippen LogP contribution >= 0.6 is 0 Å². The molecule has 1 rings (SSSR count). The Morgan fingerprint density at radius 2 is 1.77 bits per heavy atom. The fraction of sp³-hybridized carbons (Fsp3) is 0.900. The van der Waals surface area contributed by atoms with E-state index in [0.717, 1.165) is 26.2 Å². The minimum Gasteiger partial charge on any atom is -0.383 e. The van der Waals surface area contributed by atoms with Crippen LogP contribution in [0.3, 0.4) is 0 Å². The van der Waals surface area contributed by atoms with Crippen LogP contribution in [-0.2, 0) is 4.74 Å². The van der Waals surface area contributed by atoms with E-state index in [1.54, 1.807) is 0 Å². The number of rotatable bonds is 5. The average molecular weight is 177 g/mol. The molecule has 0 unspecified atom stereocenters. The number of hydrogen-bond acceptors (Lipinski definition) is 2. The maximum absolute atomic E-state index is 5.38. The molecule has 0 aromatic carbocycles. The maximum Gasteiger partial charge on any atom is 1.00 e. The maximum atomic E-state index is 5.38. The van der Waals surface area contributed by atoms with Crippen molar-refractivity contribution in [3.05, 3.63) is 6.92 Å². The third kappa shape index (κ3) is 6.57. The van der Waals surface area contributed by atoms with Crippen molar-refractivity contribution in [3.8, 4) is 0 Å².